The van der Waals surface area contributed by atoms with E-state index in [9.17, 15) is 14.4 Å². The molecule has 8 nitrogen and oxygen atoms in total. The molecule has 0 bridgehead atoms. The number of carbonyl (C=O) groups is 3. The maximum Gasteiger partial charge on any atom is 0.409 e. The first-order valence-corrected chi connectivity index (χ1v) is 7.72. The number of piperazine rings is 1. The summed E-state index contributed by atoms with van der Waals surface area (Å²) in [5.41, 5.74) is 0. The molecule has 2 aliphatic heterocycles. The van der Waals surface area contributed by atoms with Crippen LogP contribution in [-0.4, -0.2) is 79.7 Å². The van der Waals surface area contributed by atoms with Crippen LogP contribution in [0.4, 0.5) is 4.79 Å². The molecule has 0 radical (unpaired) electrons. The Balaban J connectivity index is 1.71. The van der Waals surface area contributed by atoms with Gasteiger partial charge in [-0.3, -0.25) is 9.59 Å². The summed E-state index contributed by atoms with van der Waals surface area (Å²) in [6.07, 6.45) is 1.53. The second-order valence-corrected chi connectivity index (χ2v) is 5.32. The van der Waals surface area contributed by atoms with Crippen LogP contribution in [0.25, 0.3) is 0 Å². The molecule has 124 valence electrons. The molecule has 2 heterocycles. The van der Waals surface area contributed by atoms with Gasteiger partial charge in [-0.2, -0.15) is 0 Å². The third kappa shape index (κ3) is 4.33. The summed E-state index contributed by atoms with van der Waals surface area (Å²) in [4.78, 5) is 38.5. The highest BCUT2D eigenvalue weighted by Crippen LogP contribution is 2.10. The van der Waals surface area contributed by atoms with Crippen molar-refractivity contribution in [2.75, 3.05) is 45.9 Å². The number of ether oxygens (including phenoxy) is 2. The largest absolute Gasteiger partial charge is 0.450 e. The van der Waals surface area contributed by atoms with Crippen LogP contribution >= 0.6 is 0 Å². The molecular formula is C14H23N3O5. The van der Waals surface area contributed by atoms with Crippen LogP contribution < -0.4 is 5.32 Å². The number of rotatable bonds is 3. The highest BCUT2D eigenvalue weighted by molar-refractivity contribution is 6.35. The van der Waals surface area contributed by atoms with Crippen LogP contribution in [0, 0.1) is 0 Å². The van der Waals surface area contributed by atoms with Gasteiger partial charge in [-0.25, -0.2) is 4.79 Å². The van der Waals surface area contributed by atoms with Crippen LogP contribution in [-0.2, 0) is 19.1 Å². The van der Waals surface area contributed by atoms with Gasteiger partial charge in [0.05, 0.1) is 12.7 Å². The van der Waals surface area contributed by atoms with Crippen molar-refractivity contribution >= 4 is 17.9 Å². The van der Waals surface area contributed by atoms with E-state index >= 15 is 0 Å². The zero-order valence-corrected chi connectivity index (χ0v) is 12.9. The molecule has 1 atom stereocenters. The first-order valence-electron chi connectivity index (χ1n) is 7.72. The highest BCUT2D eigenvalue weighted by atomic mass is 16.6. The van der Waals surface area contributed by atoms with E-state index in [1.54, 1.807) is 6.92 Å². The Morgan fingerprint density at radius 2 is 1.86 bits per heavy atom. The summed E-state index contributed by atoms with van der Waals surface area (Å²) in [5.74, 6) is -1.17. The van der Waals surface area contributed by atoms with Gasteiger partial charge in [0.1, 0.15) is 0 Å². The fourth-order valence-electron chi connectivity index (χ4n) is 2.54. The van der Waals surface area contributed by atoms with Crippen LogP contribution in [0.2, 0.25) is 0 Å². The Bertz CT molecular complexity index is 415. The molecule has 0 aromatic carbocycles. The van der Waals surface area contributed by atoms with Crippen molar-refractivity contribution in [3.05, 3.63) is 0 Å². The molecule has 8 heteroatoms. The lowest BCUT2D eigenvalue weighted by atomic mass is 10.2. The Morgan fingerprint density at radius 3 is 2.45 bits per heavy atom. The first-order chi connectivity index (χ1) is 10.6. The molecule has 2 aliphatic rings. The third-order valence-electron chi connectivity index (χ3n) is 3.80. The minimum Gasteiger partial charge on any atom is -0.450 e. The van der Waals surface area contributed by atoms with Crippen molar-refractivity contribution in [1.29, 1.82) is 0 Å². The van der Waals surface area contributed by atoms with Crippen molar-refractivity contribution < 1.29 is 23.9 Å². The average molecular weight is 313 g/mol. The monoisotopic (exact) mass is 313 g/mol. The van der Waals surface area contributed by atoms with Crippen LogP contribution in [0.3, 0.4) is 0 Å². The van der Waals surface area contributed by atoms with E-state index in [1.165, 1.54) is 9.80 Å². The number of hydrogen-bond donors (Lipinski definition) is 1. The molecule has 0 aliphatic carbocycles. The highest BCUT2D eigenvalue weighted by Gasteiger charge is 2.28. The van der Waals surface area contributed by atoms with Gasteiger partial charge in [-0.15, -0.1) is 0 Å². The molecule has 2 saturated heterocycles. The molecule has 1 N–H and O–H groups in total. The lowest BCUT2D eigenvalue weighted by molar-refractivity contribution is -0.147. The SMILES string of the molecule is CCOC(=O)N1CCN(C(=O)C(=O)NCC2CCCO2)CC1. The summed E-state index contributed by atoms with van der Waals surface area (Å²) >= 11 is 0. The molecule has 0 aromatic rings. The number of hydrogen-bond acceptors (Lipinski definition) is 5. The topological polar surface area (TPSA) is 88.2 Å². The van der Waals surface area contributed by atoms with Crippen LogP contribution in [0.5, 0.6) is 0 Å². The Hall–Kier alpha value is -1.83. The van der Waals surface area contributed by atoms with Crippen molar-refractivity contribution in [3.63, 3.8) is 0 Å². The lowest BCUT2D eigenvalue weighted by Gasteiger charge is -2.33. The molecule has 22 heavy (non-hydrogen) atoms. The first kappa shape index (κ1) is 16.5. The predicted molar refractivity (Wildman–Crippen MR) is 77.2 cm³/mol. The molecule has 2 rings (SSSR count). The van der Waals surface area contributed by atoms with Gasteiger partial charge in [0.15, 0.2) is 0 Å². The Morgan fingerprint density at radius 1 is 1.18 bits per heavy atom. The standard InChI is InChI=1S/C14H23N3O5/c1-2-21-14(20)17-7-5-16(6-8-17)13(19)12(18)15-10-11-4-3-9-22-11/h11H,2-10H2,1H3,(H,15,18). The maximum absolute atomic E-state index is 12.0. The van der Waals surface area contributed by atoms with Gasteiger partial charge < -0.3 is 24.6 Å². The Labute approximate surface area is 129 Å². The zero-order chi connectivity index (χ0) is 15.9. The van der Waals surface area contributed by atoms with Crippen molar-refractivity contribution in [2.45, 2.75) is 25.9 Å². The second kappa shape index (κ2) is 7.98. The average Bonchev–Trinajstić information content (AvgIpc) is 3.05. The summed E-state index contributed by atoms with van der Waals surface area (Å²) in [6, 6.07) is 0. The minimum absolute atomic E-state index is 0.0115. The van der Waals surface area contributed by atoms with E-state index < -0.39 is 11.8 Å². The van der Waals surface area contributed by atoms with Gasteiger partial charge in [-0.1, -0.05) is 0 Å². The molecule has 2 fully saturated rings. The second-order valence-electron chi connectivity index (χ2n) is 5.32. The summed E-state index contributed by atoms with van der Waals surface area (Å²) in [5, 5.41) is 2.62. The summed E-state index contributed by atoms with van der Waals surface area (Å²) in [6.45, 7) is 4.58. The molecule has 0 aromatic heterocycles. The molecule has 1 unspecified atom stereocenters. The van der Waals surface area contributed by atoms with E-state index in [2.05, 4.69) is 5.32 Å². The number of nitrogens with zero attached hydrogens (tertiary/aromatic N) is 2. The van der Waals surface area contributed by atoms with E-state index in [1.807, 2.05) is 0 Å². The fourth-order valence-corrected chi connectivity index (χ4v) is 2.54. The van der Waals surface area contributed by atoms with Gasteiger partial charge in [0, 0.05) is 39.3 Å². The predicted octanol–water partition coefficient (Wildman–Crippen LogP) is -0.418. The van der Waals surface area contributed by atoms with E-state index in [-0.39, 0.29) is 12.2 Å². The summed E-state index contributed by atoms with van der Waals surface area (Å²) in [7, 11) is 0. The Kier molecular flexibility index (Phi) is 6.00. The van der Waals surface area contributed by atoms with E-state index in [0.717, 1.165) is 12.8 Å². The number of carbonyl (C=O) groups excluding carboxylic acids is 3. The normalized spacial score (nSPS) is 21.6. The third-order valence-corrected chi connectivity index (χ3v) is 3.80. The molecular weight excluding hydrogens is 290 g/mol. The number of nitrogens with one attached hydrogen (secondary N) is 1. The quantitative estimate of drug-likeness (QED) is 0.715. The smallest absolute Gasteiger partial charge is 0.409 e. The summed E-state index contributed by atoms with van der Waals surface area (Å²) < 4.78 is 10.3. The number of amides is 3. The van der Waals surface area contributed by atoms with Crippen LogP contribution in [0.15, 0.2) is 0 Å². The van der Waals surface area contributed by atoms with Gasteiger partial charge in [-0.05, 0) is 19.8 Å². The van der Waals surface area contributed by atoms with Crippen molar-refractivity contribution in [1.82, 2.24) is 15.1 Å². The fraction of sp³-hybridized carbons (Fsp3) is 0.786. The van der Waals surface area contributed by atoms with Crippen molar-refractivity contribution in [3.8, 4) is 0 Å². The van der Waals surface area contributed by atoms with Crippen molar-refractivity contribution in [2.24, 2.45) is 0 Å². The van der Waals surface area contributed by atoms with E-state index in [0.29, 0.717) is 45.9 Å². The molecule has 0 saturated carbocycles. The van der Waals surface area contributed by atoms with E-state index in [4.69, 9.17) is 9.47 Å². The van der Waals surface area contributed by atoms with Gasteiger partial charge in [0.2, 0.25) is 0 Å². The minimum atomic E-state index is -0.611. The van der Waals surface area contributed by atoms with Crippen LogP contribution in [0.1, 0.15) is 19.8 Å². The lowest BCUT2D eigenvalue weighted by Crippen LogP contribution is -2.54. The van der Waals surface area contributed by atoms with Gasteiger partial charge in [0.25, 0.3) is 0 Å². The molecule has 3 amide bonds. The molecule has 0 spiro atoms. The maximum atomic E-state index is 12.0. The zero-order valence-electron chi connectivity index (χ0n) is 12.9. The van der Waals surface area contributed by atoms with Gasteiger partial charge >= 0.3 is 17.9 Å².